The molecule has 2 aliphatic rings. The number of carbonyl (C=O) groups is 1. The van der Waals surface area contributed by atoms with E-state index in [2.05, 4.69) is 6.58 Å². The van der Waals surface area contributed by atoms with E-state index >= 15 is 0 Å². The average molecular weight is 224 g/mol. The van der Waals surface area contributed by atoms with Gasteiger partial charge in [-0.3, -0.25) is 0 Å². The van der Waals surface area contributed by atoms with Gasteiger partial charge in [-0.2, -0.15) is 0 Å². The standard InChI is InChI=1S/C6H10O3.C3H4O2.Na/c1(5-3-8-5)7-2-6-4-9-6;1-2-3(4)5;/h5-6H,1-4H2;2H,1H2,(H,4,5);/q;;+1/p-1. The summed E-state index contributed by atoms with van der Waals surface area (Å²) in [5.41, 5.74) is 0. The molecule has 0 N–H and O–H groups in total. The van der Waals surface area contributed by atoms with E-state index in [0.717, 1.165) is 32.5 Å². The Hall–Kier alpha value is 0.0900. The third-order valence-electron chi connectivity index (χ3n) is 1.58. The molecule has 2 saturated heterocycles. The Morgan fingerprint density at radius 3 is 1.93 bits per heavy atom. The van der Waals surface area contributed by atoms with Crippen LogP contribution in [0.2, 0.25) is 0 Å². The largest absolute Gasteiger partial charge is 1.00 e. The molecule has 0 aromatic carbocycles. The predicted octanol–water partition coefficient (Wildman–Crippen LogP) is -4.27. The van der Waals surface area contributed by atoms with Crippen LogP contribution in [0.15, 0.2) is 12.7 Å². The third kappa shape index (κ3) is 10.4. The Morgan fingerprint density at radius 1 is 1.40 bits per heavy atom. The molecule has 2 heterocycles. The van der Waals surface area contributed by atoms with Crippen LogP contribution >= 0.6 is 0 Å². The van der Waals surface area contributed by atoms with Crippen molar-refractivity contribution in [3.8, 4) is 0 Å². The van der Waals surface area contributed by atoms with Gasteiger partial charge in [0.05, 0.1) is 32.4 Å². The fourth-order valence-electron chi connectivity index (χ4n) is 0.659. The minimum atomic E-state index is -1.23. The van der Waals surface area contributed by atoms with Crippen molar-refractivity contribution in [1.29, 1.82) is 0 Å². The molecule has 2 aliphatic heterocycles. The van der Waals surface area contributed by atoms with E-state index in [-0.39, 0.29) is 29.6 Å². The van der Waals surface area contributed by atoms with E-state index in [1.54, 1.807) is 0 Å². The zero-order valence-corrected chi connectivity index (χ0v) is 10.8. The van der Waals surface area contributed by atoms with Crippen molar-refractivity contribution in [3.63, 3.8) is 0 Å². The molecule has 6 heteroatoms. The minimum absolute atomic E-state index is 0. The van der Waals surface area contributed by atoms with Crippen molar-refractivity contribution in [2.45, 2.75) is 12.2 Å². The Kier molecular flexibility index (Phi) is 8.32. The SMILES string of the molecule is C(OCC1CO1)C1CO1.C=CC(=O)[O-].[Na+]. The predicted molar refractivity (Wildman–Crippen MR) is 45.5 cm³/mol. The Morgan fingerprint density at radius 2 is 1.73 bits per heavy atom. The van der Waals surface area contributed by atoms with Gasteiger partial charge in [-0.25, -0.2) is 0 Å². The monoisotopic (exact) mass is 224 g/mol. The van der Waals surface area contributed by atoms with E-state index in [1.807, 2.05) is 0 Å². The van der Waals surface area contributed by atoms with Gasteiger partial charge in [0, 0.05) is 0 Å². The molecule has 0 saturated carbocycles. The summed E-state index contributed by atoms with van der Waals surface area (Å²) in [6, 6.07) is 0. The molecule has 2 rings (SSSR count). The van der Waals surface area contributed by atoms with Gasteiger partial charge >= 0.3 is 29.6 Å². The molecule has 0 amide bonds. The zero-order chi connectivity index (χ0) is 10.4. The first-order chi connectivity index (χ1) is 6.72. The van der Waals surface area contributed by atoms with Crippen LogP contribution in [0.1, 0.15) is 0 Å². The first kappa shape index (κ1) is 15.1. The molecule has 80 valence electrons. The van der Waals surface area contributed by atoms with Crippen LogP contribution in [0.5, 0.6) is 0 Å². The maximum atomic E-state index is 9.14. The van der Waals surface area contributed by atoms with Crippen LogP contribution in [0.25, 0.3) is 0 Å². The number of carboxylic acid groups (broad SMARTS) is 1. The maximum Gasteiger partial charge on any atom is 1.00 e. The molecule has 0 radical (unpaired) electrons. The average Bonchev–Trinajstić information content (AvgIpc) is 2.99. The fraction of sp³-hybridized carbons (Fsp3) is 0.667. The Bertz CT molecular complexity index is 189. The van der Waals surface area contributed by atoms with E-state index in [0.29, 0.717) is 12.2 Å². The zero-order valence-electron chi connectivity index (χ0n) is 8.81. The molecular formula is C9H13NaO5. The Balaban J connectivity index is 0.000000289. The second-order valence-electron chi connectivity index (χ2n) is 2.97. The first-order valence-electron chi connectivity index (χ1n) is 4.36. The van der Waals surface area contributed by atoms with Crippen LogP contribution in [-0.2, 0) is 19.0 Å². The molecule has 0 aromatic rings. The number of epoxide rings is 2. The van der Waals surface area contributed by atoms with Crippen molar-refractivity contribution in [3.05, 3.63) is 12.7 Å². The van der Waals surface area contributed by atoms with Crippen LogP contribution in [0, 0.1) is 0 Å². The molecule has 0 aromatic heterocycles. The van der Waals surface area contributed by atoms with Crippen LogP contribution < -0.4 is 34.7 Å². The number of carboxylic acids is 1. The van der Waals surface area contributed by atoms with E-state index in [4.69, 9.17) is 24.1 Å². The third-order valence-corrected chi connectivity index (χ3v) is 1.58. The number of hydrogen-bond donors (Lipinski definition) is 0. The molecule has 2 atom stereocenters. The summed E-state index contributed by atoms with van der Waals surface area (Å²) in [4.78, 5) is 9.14. The van der Waals surface area contributed by atoms with E-state index < -0.39 is 5.97 Å². The quantitative estimate of drug-likeness (QED) is 0.268. The van der Waals surface area contributed by atoms with Crippen molar-refractivity contribution < 1.29 is 53.7 Å². The molecular weight excluding hydrogens is 211 g/mol. The number of aliphatic carboxylic acids is 1. The van der Waals surface area contributed by atoms with Crippen molar-refractivity contribution in [1.82, 2.24) is 0 Å². The molecule has 0 bridgehead atoms. The van der Waals surface area contributed by atoms with Gasteiger partial charge < -0.3 is 24.1 Å². The van der Waals surface area contributed by atoms with E-state index in [1.165, 1.54) is 0 Å². The number of carbonyl (C=O) groups excluding carboxylic acids is 1. The van der Waals surface area contributed by atoms with Gasteiger partial charge in [0.15, 0.2) is 0 Å². The second-order valence-corrected chi connectivity index (χ2v) is 2.97. The van der Waals surface area contributed by atoms with Gasteiger partial charge in [-0.15, -0.1) is 0 Å². The summed E-state index contributed by atoms with van der Waals surface area (Å²) >= 11 is 0. The van der Waals surface area contributed by atoms with Gasteiger partial charge in [0.25, 0.3) is 0 Å². The van der Waals surface area contributed by atoms with Gasteiger partial charge in [-0.05, 0) is 6.08 Å². The van der Waals surface area contributed by atoms with Crippen LogP contribution in [-0.4, -0.2) is 44.6 Å². The normalized spacial score (nSPS) is 25.3. The Labute approximate surface area is 111 Å². The summed E-state index contributed by atoms with van der Waals surface area (Å²) < 4.78 is 15.1. The summed E-state index contributed by atoms with van der Waals surface area (Å²) in [5.74, 6) is -1.23. The van der Waals surface area contributed by atoms with Crippen LogP contribution in [0.3, 0.4) is 0 Å². The maximum absolute atomic E-state index is 9.14. The van der Waals surface area contributed by atoms with Gasteiger partial charge in [-0.1, -0.05) is 6.58 Å². The molecule has 2 fully saturated rings. The number of ether oxygens (including phenoxy) is 3. The summed E-state index contributed by atoms with van der Waals surface area (Å²) in [6.45, 7) is 6.16. The second kappa shape index (κ2) is 8.27. The fourth-order valence-corrected chi connectivity index (χ4v) is 0.659. The molecule has 2 unspecified atom stereocenters. The molecule has 5 nitrogen and oxygen atoms in total. The number of rotatable bonds is 5. The van der Waals surface area contributed by atoms with Crippen molar-refractivity contribution in [2.24, 2.45) is 0 Å². The van der Waals surface area contributed by atoms with Crippen molar-refractivity contribution >= 4 is 5.97 Å². The van der Waals surface area contributed by atoms with E-state index in [9.17, 15) is 0 Å². The summed E-state index contributed by atoms with van der Waals surface area (Å²) in [6.07, 6.45) is 1.51. The number of hydrogen-bond acceptors (Lipinski definition) is 5. The summed E-state index contributed by atoms with van der Waals surface area (Å²) in [7, 11) is 0. The topological polar surface area (TPSA) is 74.4 Å². The van der Waals surface area contributed by atoms with Crippen LogP contribution in [0.4, 0.5) is 0 Å². The smallest absolute Gasteiger partial charge is 0.545 e. The molecule has 15 heavy (non-hydrogen) atoms. The minimum Gasteiger partial charge on any atom is -0.545 e. The van der Waals surface area contributed by atoms with Gasteiger partial charge in [0.1, 0.15) is 12.2 Å². The summed E-state index contributed by atoms with van der Waals surface area (Å²) in [5, 5.41) is 9.14. The van der Waals surface area contributed by atoms with Gasteiger partial charge in [0.2, 0.25) is 0 Å². The molecule has 0 aliphatic carbocycles. The first-order valence-corrected chi connectivity index (χ1v) is 4.36. The van der Waals surface area contributed by atoms with Crippen molar-refractivity contribution in [2.75, 3.05) is 26.4 Å². The molecule has 0 spiro atoms.